The summed E-state index contributed by atoms with van der Waals surface area (Å²) in [4.78, 5) is 5.28. The summed E-state index contributed by atoms with van der Waals surface area (Å²) in [5, 5.41) is 0. The molecule has 1 heterocycles. The predicted molar refractivity (Wildman–Crippen MR) is 36.0 cm³/mol. The second-order valence-electron chi connectivity index (χ2n) is 2.29. The zero-order valence-corrected chi connectivity index (χ0v) is 5.74. The molecule has 0 aliphatic carbocycles. The molecule has 62 valence electrons. The summed E-state index contributed by atoms with van der Waals surface area (Å²) >= 11 is 0. The average molecular weight is 172 g/mol. The number of nitrogens with one attached hydrogen (secondary N) is 1. The lowest BCUT2D eigenvalue weighted by molar-refractivity contribution is 0.513. The van der Waals surface area contributed by atoms with Gasteiger partial charge in [0.25, 0.3) is 6.08 Å². The number of rotatable bonds is 0. The summed E-state index contributed by atoms with van der Waals surface area (Å²) in [5.41, 5.74) is -0.168. The third kappa shape index (κ3) is 0.861. The smallest absolute Gasteiger partial charge is 0.287 e. The van der Waals surface area contributed by atoms with Gasteiger partial charge >= 0.3 is 0 Å². The first-order valence-corrected chi connectivity index (χ1v) is 3.17. The lowest BCUT2D eigenvalue weighted by Gasteiger charge is -1.90. The van der Waals surface area contributed by atoms with Gasteiger partial charge in [0.1, 0.15) is 5.52 Å². The number of aromatic amines is 1. The van der Waals surface area contributed by atoms with Crippen LogP contribution < -0.4 is 0 Å². The normalized spacial score (nSPS) is 10.9. The van der Waals surface area contributed by atoms with Gasteiger partial charge in [0, 0.05) is 0 Å². The van der Waals surface area contributed by atoms with E-state index in [1.54, 1.807) is 0 Å². The van der Waals surface area contributed by atoms with Crippen LogP contribution in [0.25, 0.3) is 11.0 Å². The molecular formula is C7H3F3N2. The van der Waals surface area contributed by atoms with Crippen LogP contribution in [0.4, 0.5) is 13.2 Å². The van der Waals surface area contributed by atoms with Crippen molar-refractivity contribution in [1.29, 1.82) is 0 Å². The van der Waals surface area contributed by atoms with Crippen molar-refractivity contribution in [3.8, 4) is 0 Å². The van der Waals surface area contributed by atoms with Crippen LogP contribution in [-0.4, -0.2) is 9.97 Å². The van der Waals surface area contributed by atoms with Crippen molar-refractivity contribution >= 4 is 11.0 Å². The zero-order valence-electron chi connectivity index (χ0n) is 5.74. The first-order valence-electron chi connectivity index (χ1n) is 3.17. The molecule has 0 radical (unpaired) electrons. The van der Waals surface area contributed by atoms with E-state index in [9.17, 15) is 13.2 Å². The molecule has 0 bridgehead atoms. The Balaban J connectivity index is 2.89. The molecule has 0 saturated heterocycles. The van der Waals surface area contributed by atoms with Gasteiger partial charge in [-0.05, 0) is 12.1 Å². The minimum absolute atomic E-state index is 0.145. The van der Waals surface area contributed by atoms with Crippen LogP contribution in [0.15, 0.2) is 12.1 Å². The highest BCUT2D eigenvalue weighted by Gasteiger charge is 2.10. The Morgan fingerprint density at radius 2 is 1.92 bits per heavy atom. The van der Waals surface area contributed by atoms with Gasteiger partial charge in [0.05, 0.1) is 5.52 Å². The summed E-state index contributed by atoms with van der Waals surface area (Å²) in [6.07, 6.45) is -0.922. The van der Waals surface area contributed by atoms with Crippen LogP contribution in [0.3, 0.4) is 0 Å². The third-order valence-electron chi connectivity index (χ3n) is 1.52. The fraction of sp³-hybridized carbons (Fsp3) is 0. The van der Waals surface area contributed by atoms with Crippen molar-refractivity contribution in [2.45, 2.75) is 0 Å². The minimum atomic E-state index is -1.13. The van der Waals surface area contributed by atoms with Crippen LogP contribution in [0, 0.1) is 17.7 Å². The van der Waals surface area contributed by atoms with E-state index in [0.29, 0.717) is 0 Å². The highest BCUT2D eigenvalue weighted by molar-refractivity contribution is 5.75. The maximum absolute atomic E-state index is 12.8. The molecule has 0 unspecified atom stereocenters. The van der Waals surface area contributed by atoms with Crippen molar-refractivity contribution in [2.75, 3.05) is 0 Å². The molecule has 0 amide bonds. The molecule has 0 saturated carbocycles. The number of fused-ring (bicyclic) bond motifs is 1. The Morgan fingerprint density at radius 3 is 2.67 bits per heavy atom. The van der Waals surface area contributed by atoms with E-state index in [4.69, 9.17) is 0 Å². The van der Waals surface area contributed by atoms with Crippen LogP contribution in [0.1, 0.15) is 0 Å². The van der Waals surface area contributed by atoms with Gasteiger partial charge in [-0.15, -0.1) is 0 Å². The van der Waals surface area contributed by atoms with Crippen molar-refractivity contribution in [1.82, 2.24) is 9.97 Å². The first kappa shape index (κ1) is 7.15. The summed E-state index contributed by atoms with van der Waals surface area (Å²) in [7, 11) is 0. The van der Waals surface area contributed by atoms with Crippen LogP contribution in [0.2, 0.25) is 0 Å². The number of benzene rings is 1. The van der Waals surface area contributed by atoms with Crippen molar-refractivity contribution in [2.24, 2.45) is 0 Å². The third-order valence-corrected chi connectivity index (χ3v) is 1.52. The maximum atomic E-state index is 12.8. The number of imidazole rings is 1. The molecule has 1 aromatic carbocycles. The molecule has 1 aromatic heterocycles. The molecule has 0 atom stereocenters. The van der Waals surface area contributed by atoms with E-state index in [-0.39, 0.29) is 11.0 Å². The van der Waals surface area contributed by atoms with E-state index < -0.39 is 17.7 Å². The van der Waals surface area contributed by atoms with E-state index >= 15 is 0 Å². The SMILES string of the molecule is Fc1nc2c(F)c(F)ccc2[nH]1. The molecule has 0 spiro atoms. The van der Waals surface area contributed by atoms with Crippen molar-refractivity contribution < 1.29 is 13.2 Å². The average Bonchev–Trinajstić information content (AvgIpc) is 2.39. The highest BCUT2D eigenvalue weighted by Crippen LogP contribution is 2.17. The van der Waals surface area contributed by atoms with Gasteiger partial charge in [0.15, 0.2) is 11.6 Å². The number of hydrogen-bond acceptors (Lipinski definition) is 1. The van der Waals surface area contributed by atoms with Crippen molar-refractivity contribution in [3.63, 3.8) is 0 Å². The van der Waals surface area contributed by atoms with Gasteiger partial charge in [-0.1, -0.05) is 0 Å². The molecule has 5 heteroatoms. The summed E-state index contributed by atoms with van der Waals surface area (Å²) < 4.78 is 37.7. The largest absolute Gasteiger partial charge is 0.314 e. The molecule has 0 fully saturated rings. The molecule has 2 aromatic rings. The van der Waals surface area contributed by atoms with Gasteiger partial charge in [-0.3, -0.25) is 0 Å². The first-order chi connectivity index (χ1) is 5.68. The quantitative estimate of drug-likeness (QED) is 0.646. The van der Waals surface area contributed by atoms with Crippen LogP contribution in [0.5, 0.6) is 0 Å². The Morgan fingerprint density at radius 1 is 1.17 bits per heavy atom. The molecule has 0 aliphatic heterocycles. The van der Waals surface area contributed by atoms with Gasteiger partial charge in [-0.2, -0.15) is 9.37 Å². The molecular weight excluding hydrogens is 169 g/mol. The summed E-state index contributed by atoms with van der Waals surface area (Å²) in [5.74, 6) is -2.17. The number of nitrogens with zero attached hydrogens (tertiary/aromatic N) is 1. The van der Waals surface area contributed by atoms with E-state index in [2.05, 4.69) is 9.97 Å². The summed E-state index contributed by atoms with van der Waals surface area (Å²) in [6, 6.07) is 2.14. The number of aromatic nitrogens is 2. The highest BCUT2D eigenvalue weighted by atomic mass is 19.2. The predicted octanol–water partition coefficient (Wildman–Crippen LogP) is 1.98. The molecule has 1 N–H and O–H groups in total. The fourth-order valence-electron chi connectivity index (χ4n) is 0.987. The van der Waals surface area contributed by atoms with E-state index in [1.165, 1.54) is 6.07 Å². The molecule has 2 nitrogen and oxygen atoms in total. The molecule has 0 aliphatic rings. The maximum Gasteiger partial charge on any atom is 0.287 e. The number of hydrogen-bond donors (Lipinski definition) is 1. The number of H-pyrrole nitrogens is 1. The van der Waals surface area contributed by atoms with E-state index in [1.807, 2.05) is 0 Å². The topological polar surface area (TPSA) is 28.7 Å². The standard InChI is InChI=1S/C7H3F3N2/c8-3-1-2-4-6(5(3)9)12-7(10)11-4/h1-2H,(H,11,12). The van der Waals surface area contributed by atoms with Gasteiger partial charge in [-0.25, -0.2) is 8.78 Å². The van der Waals surface area contributed by atoms with Crippen LogP contribution in [-0.2, 0) is 0 Å². The Bertz CT molecular complexity index is 435. The zero-order chi connectivity index (χ0) is 8.72. The monoisotopic (exact) mass is 172 g/mol. The lowest BCUT2D eigenvalue weighted by Crippen LogP contribution is -1.84. The Kier molecular flexibility index (Phi) is 1.33. The second-order valence-corrected chi connectivity index (χ2v) is 2.29. The van der Waals surface area contributed by atoms with Crippen LogP contribution >= 0.6 is 0 Å². The second kappa shape index (κ2) is 2.23. The van der Waals surface area contributed by atoms with Crippen molar-refractivity contribution in [3.05, 3.63) is 29.8 Å². The van der Waals surface area contributed by atoms with Gasteiger partial charge < -0.3 is 4.98 Å². The lowest BCUT2D eigenvalue weighted by atomic mass is 10.3. The molecule has 12 heavy (non-hydrogen) atoms. The van der Waals surface area contributed by atoms with E-state index in [0.717, 1.165) is 6.07 Å². The van der Waals surface area contributed by atoms with Gasteiger partial charge in [0.2, 0.25) is 0 Å². The Hall–Kier alpha value is -1.52. The number of halogens is 3. The summed E-state index contributed by atoms with van der Waals surface area (Å²) in [6.45, 7) is 0. The Labute approximate surface area is 65.0 Å². The minimum Gasteiger partial charge on any atom is -0.314 e. The molecule has 2 rings (SSSR count). The fourth-order valence-corrected chi connectivity index (χ4v) is 0.987.